The highest BCUT2D eigenvalue weighted by Crippen LogP contribution is 2.29. The summed E-state index contributed by atoms with van der Waals surface area (Å²) in [6.45, 7) is 6.64. The molecular formula is C22H28F3N5O. The topological polar surface area (TPSA) is 61.8 Å². The molecule has 9 heteroatoms. The Kier molecular flexibility index (Phi) is 7.37. The number of pyridine rings is 1. The molecule has 1 aromatic heterocycles. The van der Waals surface area contributed by atoms with Crippen LogP contribution in [0.2, 0.25) is 0 Å². The number of nitrogens with one attached hydrogen (secondary N) is 2. The van der Waals surface area contributed by atoms with E-state index in [-0.39, 0.29) is 12.2 Å². The summed E-state index contributed by atoms with van der Waals surface area (Å²) in [4.78, 5) is 11.0. The molecule has 31 heavy (non-hydrogen) atoms. The fourth-order valence-electron chi connectivity index (χ4n) is 3.48. The summed E-state index contributed by atoms with van der Waals surface area (Å²) in [5, 5.41) is 6.29. The van der Waals surface area contributed by atoms with Gasteiger partial charge in [-0.25, -0.2) is 4.98 Å². The number of halogens is 3. The summed E-state index contributed by atoms with van der Waals surface area (Å²) in [6, 6.07) is 9.09. The van der Waals surface area contributed by atoms with Crippen molar-refractivity contribution in [2.75, 3.05) is 25.0 Å². The Morgan fingerprint density at radius 3 is 2.13 bits per heavy atom. The lowest BCUT2D eigenvalue weighted by Gasteiger charge is -2.36. The molecule has 1 saturated heterocycles. The molecule has 1 aliphatic rings. The number of benzene rings is 1. The predicted octanol–water partition coefficient (Wildman–Crippen LogP) is 3.58. The number of morpholine rings is 1. The average Bonchev–Trinajstić information content (AvgIpc) is 2.73. The van der Waals surface area contributed by atoms with Gasteiger partial charge in [-0.2, -0.15) is 13.2 Å². The molecule has 1 fully saturated rings. The zero-order valence-electron chi connectivity index (χ0n) is 17.9. The molecule has 0 aliphatic carbocycles. The third-order valence-electron chi connectivity index (χ3n) is 4.98. The van der Waals surface area contributed by atoms with Crippen molar-refractivity contribution < 1.29 is 17.9 Å². The van der Waals surface area contributed by atoms with Crippen molar-refractivity contribution in [3.63, 3.8) is 0 Å². The van der Waals surface area contributed by atoms with Crippen molar-refractivity contribution in [3.8, 4) is 0 Å². The number of aliphatic imine (C=N–C) groups is 1. The molecule has 0 amide bonds. The maximum Gasteiger partial charge on any atom is 0.416 e. The van der Waals surface area contributed by atoms with Crippen LogP contribution in [0.5, 0.6) is 0 Å². The zero-order valence-corrected chi connectivity index (χ0v) is 17.9. The smallest absolute Gasteiger partial charge is 0.372 e. The lowest BCUT2D eigenvalue weighted by molar-refractivity contribution is -0.137. The molecule has 3 rings (SSSR count). The van der Waals surface area contributed by atoms with Crippen LogP contribution in [0.4, 0.5) is 19.0 Å². The first-order chi connectivity index (χ1) is 14.7. The van der Waals surface area contributed by atoms with Gasteiger partial charge in [-0.15, -0.1) is 0 Å². The third kappa shape index (κ3) is 6.58. The van der Waals surface area contributed by atoms with Crippen LogP contribution in [0.25, 0.3) is 0 Å². The number of alkyl halides is 3. The number of hydrogen-bond donors (Lipinski definition) is 2. The van der Waals surface area contributed by atoms with E-state index >= 15 is 0 Å². The van der Waals surface area contributed by atoms with Crippen LogP contribution in [0, 0.1) is 0 Å². The van der Waals surface area contributed by atoms with Gasteiger partial charge in [0.05, 0.1) is 17.8 Å². The number of ether oxygens (including phenoxy) is 1. The van der Waals surface area contributed by atoms with Gasteiger partial charge in [0.2, 0.25) is 0 Å². The van der Waals surface area contributed by atoms with Crippen molar-refractivity contribution >= 4 is 11.8 Å². The molecule has 0 spiro atoms. The van der Waals surface area contributed by atoms with E-state index in [4.69, 9.17) is 4.74 Å². The van der Waals surface area contributed by atoms with Gasteiger partial charge < -0.3 is 20.3 Å². The molecule has 1 aromatic carbocycles. The first kappa shape index (κ1) is 22.9. The van der Waals surface area contributed by atoms with Crippen LogP contribution in [0.15, 0.2) is 47.6 Å². The lowest BCUT2D eigenvalue weighted by atomic mass is 10.1. The molecule has 0 saturated carbocycles. The van der Waals surface area contributed by atoms with E-state index in [1.807, 2.05) is 18.3 Å². The summed E-state index contributed by atoms with van der Waals surface area (Å²) in [6.07, 6.45) is -2.15. The van der Waals surface area contributed by atoms with Crippen LogP contribution in [-0.2, 0) is 24.0 Å². The Labute approximate surface area is 180 Å². The quantitative estimate of drug-likeness (QED) is 0.555. The SMILES string of the molecule is CN=C(NCc1ccc(C(F)(F)F)cc1)NCc1ccc(N2CC(C)OC(C)C2)nc1. The van der Waals surface area contributed by atoms with E-state index in [0.29, 0.717) is 19.0 Å². The van der Waals surface area contributed by atoms with Gasteiger partial charge in [-0.05, 0) is 43.2 Å². The molecule has 1 aliphatic heterocycles. The Bertz CT molecular complexity index is 858. The minimum Gasteiger partial charge on any atom is -0.372 e. The second-order valence-corrected chi connectivity index (χ2v) is 7.66. The molecule has 2 unspecified atom stereocenters. The van der Waals surface area contributed by atoms with Crippen LogP contribution < -0.4 is 15.5 Å². The summed E-state index contributed by atoms with van der Waals surface area (Å²) >= 11 is 0. The van der Waals surface area contributed by atoms with E-state index in [2.05, 4.69) is 39.4 Å². The van der Waals surface area contributed by atoms with Gasteiger partial charge in [0.25, 0.3) is 0 Å². The van der Waals surface area contributed by atoms with E-state index in [0.717, 1.165) is 42.2 Å². The molecule has 2 atom stereocenters. The lowest BCUT2D eigenvalue weighted by Crippen LogP contribution is -2.45. The molecule has 168 valence electrons. The van der Waals surface area contributed by atoms with Crippen molar-refractivity contribution in [3.05, 3.63) is 59.3 Å². The maximum atomic E-state index is 12.7. The van der Waals surface area contributed by atoms with Gasteiger partial charge in [0.1, 0.15) is 5.82 Å². The number of nitrogens with zero attached hydrogens (tertiary/aromatic N) is 3. The van der Waals surface area contributed by atoms with Crippen LogP contribution in [0.1, 0.15) is 30.5 Å². The van der Waals surface area contributed by atoms with E-state index in [1.165, 1.54) is 12.1 Å². The van der Waals surface area contributed by atoms with Gasteiger partial charge in [0, 0.05) is 39.4 Å². The standard InChI is InChI=1S/C22H28F3N5O/c1-15-13-30(14-16(2)31-15)20-9-6-18(11-27-20)12-29-21(26-3)28-10-17-4-7-19(8-5-17)22(23,24)25/h4-9,11,15-16H,10,12-14H2,1-3H3,(H2,26,28,29). The number of aromatic nitrogens is 1. The number of anilines is 1. The summed E-state index contributed by atoms with van der Waals surface area (Å²) < 4.78 is 43.7. The Balaban J connectivity index is 1.49. The summed E-state index contributed by atoms with van der Waals surface area (Å²) in [7, 11) is 1.64. The largest absolute Gasteiger partial charge is 0.416 e. The Morgan fingerprint density at radius 2 is 1.61 bits per heavy atom. The molecule has 0 radical (unpaired) electrons. The van der Waals surface area contributed by atoms with Crippen LogP contribution in [0.3, 0.4) is 0 Å². The summed E-state index contributed by atoms with van der Waals surface area (Å²) in [5.74, 6) is 1.48. The Hall–Kier alpha value is -2.81. The van der Waals surface area contributed by atoms with Crippen molar-refractivity contribution in [1.29, 1.82) is 0 Å². The third-order valence-corrected chi connectivity index (χ3v) is 4.98. The van der Waals surface area contributed by atoms with Gasteiger partial charge >= 0.3 is 6.18 Å². The van der Waals surface area contributed by atoms with E-state index in [1.54, 1.807) is 7.05 Å². The average molecular weight is 435 g/mol. The first-order valence-corrected chi connectivity index (χ1v) is 10.2. The fraction of sp³-hybridized carbons (Fsp3) is 0.455. The maximum absolute atomic E-state index is 12.7. The second kappa shape index (κ2) is 10.00. The predicted molar refractivity (Wildman–Crippen MR) is 115 cm³/mol. The fourth-order valence-corrected chi connectivity index (χ4v) is 3.48. The molecular weight excluding hydrogens is 407 g/mol. The zero-order chi connectivity index (χ0) is 22.4. The van der Waals surface area contributed by atoms with Crippen molar-refractivity contribution in [1.82, 2.24) is 15.6 Å². The van der Waals surface area contributed by atoms with Crippen LogP contribution >= 0.6 is 0 Å². The molecule has 2 N–H and O–H groups in total. The first-order valence-electron chi connectivity index (χ1n) is 10.2. The highest BCUT2D eigenvalue weighted by Gasteiger charge is 2.29. The minimum atomic E-state index is -4.33. The van der Waals surface area contributed by atoms with Crippen molar-refractivity contribution in [2.45, 2.75) is 45.3 Å². The molecule has 2 aromatic rings. The molecule has 6 nitrogen and oxygen atoms in total. The Morgan fingerprint density at radius 1 is 1.03 bits per heavy atom. The second-order valence-electron chi connectivity index (χ2n) is 7.66. The highest BCUT2D eigenvalue weighted by atomic mass is 19.4. The number of hydrogen-bond acceptors (Lipinski definition) is 4. The van der Waals surface area contributed by atoms with Gasteiger partial charge in [-0.3, -0.25) is 4.99 Å². The molecule has 0 bridgehead atoms. The number of rotatable bonds is 5. The van der Waals surface area contributed by atoms with Gasteiger partial charge in [-0.1, -0.05) is 18.2 Å². The van der Waals surface area contributed by atoms with Crippen molar-refractivity contribution in [2.24, 2.45) is 4.99 Å². The van der Waals surface area contributed by atoms with Gasteiger partial charge in [0.15, 0.2) is 5.96 Å². The normalized spacial score (nSPS) is 19.9. The monoisotopic (exact) mass is 435 g/mol. The van der Waals surface area contributed by atoms with Crippen LogP contribution in [-0.4, -0.2) is 43.3 Å². The summed E-state index contributed by atoms with van der Waals surface area (Å²) in [5.41, 5.74) is 1.07. The van der Waals surface area contributed by atoms with E-state index in [9.17, 15) is 13.2 Å². The highest BCUT2D eigenvalue weighted by molar-refractivity contribution is 5.79. The minimum absolute atomic E-state index is 0.172. The molecule has 2 heterocycles. The number of guanidine groups is 1. The van der Waals surface area contributed by atoms with E-state index < -0.39 is 11.7 Å².